The summed E-state index contributed by atoms with van der Waals surface area (Å²) in [5, 5.41) is 30.0. The van der Waals surface area contributed by atoms with E-state index in [4.69, 9.17) is 9.47 Å². The summed E-state index contributed by atoms with van der Waals surface area (Å²) in [4.78, 5) is 48.9. The number of anilines is 6. The molecular weight excluding hydrogens is 729 g/mol. The zero-order valence-electron chi connectivity index (χ0n) is 33.0. The van der Waals surface area contributed by atoms with Gasteiger partial charge >= 0.3 is 12.2 Å². The second kappa shape index (κ2) is 17.0. The van der Waals surface area contributed by atoms with Crippen LogP contribution >= 0.6 is 0 Å². The first-order valence-electron chi connectivity index (χ1n) is 19.8. The number of amides is 4. The number of fused-ring (bicyclic) bond motifs is 2. The van der Waals surface area contributed by atoms with Crippen LogP contribution in [0.25, 0.3) is 0 Å². The molecular formula is C41H52N10O6. The number of hydrogen-bond acceptors (Lipinski definition) is 10. The smallest absolute Gasteiger partial charge is 0.407 e. The van der Waals surface area contributed by atoms with Crippen LogP contribution < -0.4 is 31.5 Å². The van der Waals surface area contributed by atoms with Crippen molar-refractivity contribution in [2.45, 2.75) is 115 Å². The minimum absolute atomic E-state index is 0.00506. The molecule has 16 nitrogen and oxygen atoms in total. The quantitative estimate of drug-likeness (QED) is 0.0890. The van der Waals surface area contributed by atoms with E-state index in [1.165, 1.54) is 0 Å². The second-order valence-electron chi connectivity index (χ2n) is 15.8. The Labute approximate surface area is 331 Å². The number of nitrogens with one attached hydrogen (secondary N) is 7. The number of hydrogen-bond donors (Lipinski definition) is 7. The van der Waals surface area contributed by atoms with Crippen molar-refractivity contribution in [2.24, 2.45) is 0 Å². The summed E-state index contributed by atoms with van der Waals surface area (Å²) in [6, 6.07) is 15.8. The van der Waals surface area contributed by atoms with E-state index in [-0.39, 0.29) is 60.1 Å². The zero-order chi connectivity index (χ0) is 40.2. The molecule has 0 saturated heterocycles. The first-order valence-corrected chi connectivity index (χ1v) is 19.8. The molecule has 8 rings (SSSR count). The second-order valence-corrected chi connectivity index (χ2v) is 15.8. The Bertz CT molecular complexity index is 2110. The predicted octanol–water partition coefficient (Wildman–Crippen LogP) is 6.86. The van der Waals surface area contributed by atoms with Crippen LogP contribution in [0, 0.1) is 0 Å². The summed E-state index contributed by atoms with van der Waals surface area (Å²) in [5.41, 5.74) is 7.49. The molecule has 0 radical (unpaired) electrons. The summed E-state index contributed by atoms with van der Waals surface area (Å²) < 4.78 is 11.0. The van der Waals surface area contributed by atoms with Crippen molar-refractivity contribution in [1.82, 2.24) is 31.0 Å². The molecule has 2 aromatic carbocycles. The van der Waals surface area contributed by atoms with Gasteiger partial charge in [0.05, 0.1) is 35.6 Å². The van der Waals surface area contributed by atoms with Gasteiger partial charge in [-0.05, 0) is 89.5 Å². The van der Waals surface area contributed by atoms with E-state index < -0.39 is 0 Å². The number of aromatic amines is 2. The van der Waals surface area contributed by atoms with Crippen LogP contribution in [0.15, 0.2) is 48.5 Å². The highest BCUT2D eigenvalue weighted by molar-refractivity contribution is 6.05. The lowest BCUT2D eigenvalue weighted by atomic mass is 10.0. The summed E-state index contributed by atoms with van der Waals surface area (Å²) >= 11 is 0. The lowest BCUT2D eigenvalue weighted by Crippen LogP contribution is -2.33. The number of rotatable bonds is 10. The normalized spacial score (nSPS) is 20.8. The third kappa shape index (κ3) is 9.50. The molecule has 7 N–H and O–H groups in total. The molecule has 2 aromatic heterocycles. The van der Waals surface area contributed by atoms with Crippen LogP contribution in [0.3, 0.4) is 0 Å². The molecule has 0 bridgehead atoms. The van der Waals surface area contributed by atoms with Crippen molar-refractivity contribution < 1.29 is 28.7 Å². The van der Waals surface area contributed by atoms with E-state index >= 15 is 0 Å². The van der Waals surface area contributed by atoms with Crippen molar-refractivity contribution >= 4 is 58.4 Å². The van der Waals surface area contributed by atoms with E-state index in [9.17, 15) is 19.2 Å². The molecule has 57 heavy (non-hydrogen) atoms. The van der Waals surface area contributed by atoms with Gasteiger partial charge in [-0.15, -0.1) is 0 Å². The van der Waals surface area contributed by atoms with Crippen LogP contribution in [0.2, 0.25) is 0 Å². The van der Waals surface area contributed by atoms with Crippen LogP contribution in [0.4, 0.5) is 44.0 Å². The van der Waals surface area contributed by atoms with Gasteiger partial charge in [-0.2, -0.15) is 10.2 Å². The topological polar surface area (TPSA) is 207 Å². The van der Waals surface area contributed by atoms with Crippen molar-refractivity contribution in [1.29, 1.82) is 0 Å². The Morgan fingerprint density at radius 2 is 1.26 bits per heavy atom. The lowest BCUT2D eigenvalue weighted by Gasteiger charge is -2.15. The van der Waals surface area contributed by atoms with Gasteiger partial charge < -0.3 is 41.0 Å². The number of alkyl carbamates (subject to hydrolysis) is 2. The molecule has 4 amide bonds. The molecule has 16 heteroatoms. The van der Waals surface area contributed by atoms with Crippen LogP contribution in [-0.4, -0.2) is 75.7 Å². The van der Waals surface area contributed by atoms with E-state index in [2.05, 4.69) is 47.0 Å². The van der Waals surface area contributed by atoms with E-state index in [1.807, 2.05) is 76.2 Å². The highest BCUT2D eigenvalue weighted by Crippen LogP contribution is 2.40. The van der Waals surface area contributed by atoms with Crippen molar-refractivity contribution in [2.75, 3.05) is 27.9 Å². The average molecular weight is 781 g/mol. The molecule has 2 aliphatic carbocycles. The molecule has 4 atom stereocenters. The number of benzene rings is 2. The van der Waals surface area contributed by atoms with E-state index in [0.29, 0.717) is 24.5 Å². The first kappa shape index (κ1) is 39.2. The SMILES string of the molecule is CC(C)NC(=O)OC1CC[C@H](c2cc(Nc3cccc4c3N(C)C(=O)C4)n[nH]2)C1.CC(C)NC(=O)OC1CC[C@H](c2cc(Nc3cccc4c3NC(=O)C4)n[nH]2)C1. The maximum absolute atomic E-state index is 12.0. The zero-order valence-corrected chi connectivity index (χ0v) is 33.0. The largest absolute Gasteiger partial charge is 0.446 e. The van der Waals surface area contributed by atoms with Gasteiger partial charge in [0.1, 0.15) is 12.2 Å². The van der Waals surface area contributed by atoms with Crippen molar-refractivity contribution in [3.05, 3.63) is 71.0 Å². The third-order valence-corrected chi connectivity index (χ3v) is 10.7. The first-order chi connectivity index (χ1) is 27.4. The number of aromatic nitrogens is 4. The summed E-state index contributed by atoms with van der Waals surface area (Å²) in [6.45, 7) is 7.64. The van der Waals surface area contributed by atoms with Gasteiger partial charge in [-0.1, -0.05) is 24.3 Å². The van der Waals surface area contributed by atoms with Gasteiger partial charge in [-0.25, -0.2) is 9.59 Å². The van der Waals surface area contributed by atoms with Gasteiger partial charge in [0.25, 0.3) is 0 Å². The van der Waals surface area contributed by atoms with Gasteiger partial charge in [0, 0.05) is 54.5 Å². The number of carbonyl (C=O) groups excluding carboxylic acids is 4. The summed E-state index contributed by atoms with van der Waals surface area (Å²) in [6.07, 6.45) is 5.12. The van der Waals surface area contributed by atoms with Crippen LogP contribution in [0.1, 0.15) is 101 Å². The molecule has 0 spiro atoms. The summed E-state index contributed by atoms with van der Waals surface area (Å²) in [5.74, 6) is 2.07. The number of carbonyl (C=O) groups is 4. The number of H-pyrrole nitrogens is 2. The van der Waals surface area contributed by atoms with Gasteiger partial charge in [0.15, 0.2) is 11.6 Å². The lowest BCUT2D eigenvalue weighted by molar-refractivity contribution is -0.117. The van der Waals surface area contributed by atoms with Gasteiger partial charge in [-0.3, -0.25) is 19.8 Å². The van der Waals surface area contributed by atoms with Crippen molar-refractivity contribution in [3.63, 3.8) is 0 Å². The minimum Gasteiger partial charge on any atom is -0.446 e. The third-order valence-electron chi connectivity index (χ3n) is 10.7. The average Bonchev–Trinajstić information content (AvgIpc) is 4.00. The van der Waals surface area contributed by atoms with Crippen molar-refractivity contribution in [3.8, 4) is 0 Å². The number of likely N-dealkylation sites (N-methyl/N-ethyl adjacent to an activating group) is 1. The molecule has 4 heterocycles. The Hall–Kier alpha value is -6.06. The monoisotopic (exact) mass is 780 g/mol. The standard InChI is InChI=1S/C21H27N5O3.C20H25N5O3/c1-12(2)22-21(28)29-15-8-7-13(9-15)17-11-18(25-24-17)23-16-6-4-5-14-10-19(27)26(3)20(14)16;1-11(2)21-20(27)28-14-7-6-12(8-14)16-10-17(25-24-16)22-15-5-3-4-13-9-18(26)23-19(13)15/h4-6,11-13,15H,7-10H2,1-3H3,(H,22,28)(H2,23,24,25);3-5,10-12,14H,6-9H2,1-2H3,(H,21,27)(H,23,26)(H2,22,24,25)/t13-,15?;12-,14?/m00/s1. The van der Waals surface area contributed by atoms with E-state index in [0.717, 1.165) is 83.8 Å². The predicted molar refractivity (Wildman–Crippen MR) is 216 cm³/mol. The number of nitrogens with zero attached hydrogens (tertiary/aromatic N) is 3. The molecule has 4 aliphatic rings. The Morgan fingerprint density at radius 3 is 1.82 bits per heavy atom. The molecule has 2 aliphatic heterocycles. The molecule has 2 unspecified atom stereocenters. The molecule has 2 saturated carbocycles. The number of ether oxygens (including phenoxy) is 2. The molecule has 302 valence electrons. The fourth-order valence-electron chi connectivity index (χ4n) is 7.99. The molecule has 4 aromatic rings. The maximum Gasteiger partial charge on any atom is 0.407 e. The maximum atomic E-state index is 12.0. The Morgan fingerprint density at radius 1 is 0.737 bits per heavy atom. The Balaban J connectivity index is 0.000000174. The van der Waals surface area contributed by atoms with Gasteiger partial charge in [0.2, 0.25) is 11.8 Å². The fraction of sp³-hybridized carbons (Fsp3) is 0.463. The minimum atomic E-state index is -0.354. The number of para-hydroxylation sites is 2. The highest BCUT2D eigenvalue weighted by Gasteiger charge is 2.32. The Kier molecular flexibility index (Phi) is 11.7. The summed E-state index contributed by atoms with van der Waals surface area (Å²) in [7, 11) is 1.80. The fourth-order valence-corrected chi connectivity index (χ4v) is 7.99. The van der Waals surface area contributed by atoms with E-state index in [1.54, 1.807) is 11.9 Å². The highest BCUT2D eigenvalue weighted by atomic mass is 16.6. The molecule has 2 fully saturated rings. The van der Waals surface area contributed by atoms with Crippen LogP contribution in [-0.2, 0) is 31.9 Å². The van der Waals surface area contributed by atoms with Crippen LogP contribution in [0.5, 0.6) is 0 Å².